The van der Waals surface area contributed by atoms with E-state index in [1.807, 2.05) is 6.07 Å². The number of halogens is 1. The number of aliphatic carboxylic acids is 1. The molecule has 1 N–H and O–H groups in total. The van der Waals surface area contributed by atoms with Crippen LogP contribution in [-0.2, 0) is 14.4 Å². The van der Waals surface area contributed by atoms with E-state index in [9.17, 15) is 19.5 Å². The summed E-state index contributed by atoms with van der Waals surface area (Å²) in [4.78, 5) is 39.7. The number of carbonyl (C=O) groups excluding carboxylic acids is 2. The summed E-state index contributed by atoms with van der Waals surface area (Å²) in [5.74, 6) is -2.15. The third kappa shape index (κ3) is 3.49. The van der Waals surface area contributed by atoms with E-state index < -0.39 is 17.8 Å². The Labute approximate surface area is 151 Å². The molecule has 25 heavy (non-hydrogen) atoms. The van der Waals surface area contributed by atoms with Gasteiger partial charge >= 0.3 is 5.97 Å². The van der Waals surface area contributed by atoms with Crippen molar-refractivity contribution in [3.63, 3.8) is 0 Å². The molecule has 3 rings (SSSR count). The number of likely N-dealkylation sites (tertiary alicyclic amines) is 2. The summed E-state index contributed by atoms with van der Waals surface area (Å²) in [5.41, 5.74) is 0.825. The number of carboxylic acid groups (broad SMARTS) is 1. The first-order valence-electron chi connectivity index (χ1n) is 8.41. The molecule has 0 unspecified atom stereocenters. The number of rotatable bonds is 3. The maximum Gasteiger partial charge on any atom is 0.308 e. The lowest BCUT2D eigenvalue weighted by Crippen LogP contribution is -2.45. The van der Waals surface area contributed by atoms with Gasteiger partial charge in [0.05, 0.1) is 17.9 Å². The molecule has 0 radical (unpaired) electrons. The van der Waals surface area contributed by atoms with E-state index in [1.165, 1.54) is 0 Å². The van der Waals surface area contributed by atoms with Crippen LogP contribution in [0.4, 0.5) is 0 Å². The molecule has 0 aromatic heterocycles. The fourth-order valence-electron chi connectivity index (χ4n) is 3.85. The van der Waals surface area contributed by atoms with Crippen LogP contribution in [0.5, 0.6) is 0 Å². The molecular formula is C18H21ClN2O4. The Balaban J connectivity index is 1.85. The lowest BCUT2D eigenvalue weighted by Gasteiger charge is -2.34. The molecule has 0 aliphatic carbocycles. The molecule has 6 nitrogen and oxygen atoms in total. The van der Waals surface area contributed by atoms with Crippen molar-refractivity contribution in [1.29, 1.82) is 0 Å². The summed E-state index contributed by atoms with van der Waals surface area (Å²) in [7, 11) is 1.69. The lowest BCUT2D eigenvalue weighted by molar-refractivity contribution is -0.147. The molecule has 3 atom stereocenters. The van der Waals surface area contributed by atoms with E-state index in [4.69, 9.17) is 11.6 Å². The van der Waals surface area contributed by atoms with Gasteiger partial charge in [0.15, 0.2) is 0 Å². The zero-order valence-corrected chi connectivity index (χ0v) is 14.8. The highest BCUT2D eigenvalue weighted by atomic mass is 35.5. The molecule has 2 amide bonds. The fraction of sp³-hybridized carbons (Fsp3) is 0.500. The monoisotopic (exact) mass is 364 g/mol. The topological polar surface area (TPSA) is 77.9 Å². The van der Waals surface area contributed by atoms with Gasteiger partial charge in [-0.25, -0.2) is 0 Å². The van der Waals surface area contributed by atoms with Crippen LogP contribution < -0.4 is 0 Å². The molecule has 2 heterocycles. The standard InChI is InChI=1S/C18H21ClN2O4/c1-20-15(22)9-14(16(20)11-4-2-6-13(19)8-11)17(23)21-7-3-5-12(10-21)18(24)25/h2,4,6,8,12,14,16H,3,5,7,9-10H2,1H3,(H,24,25)/t12-,14-,16-/m0/s1. The van der Waals surface area contributed by atoms with Gasteiger partial charge in [-0.15, -0.1) is 0 Å². The minimum Gasteiger partial charge on any atom is -0.481 e. The third-order valence-electron chi connectivity index (χ3n) is 5.18. The fourth-order valence-corrected chi connectivity index (χ4v) is 4.05. The van der Waals surface area contributed by atoms with Gasteiger partial charge in [0, 0.05) is 31.6 Å². The maximum atomic E-state index is 13.0. The molecule has 2 fully saturated rings. The molecule has 0 saturated carbocycles. The van der Waals surface area contributed by atoms with Crippen LogP contribution >= 0.6 is 11.6 Å². The van der Waals surface area contributed by atoms with Crippen molar-refractivity contribution < 1.29 is 19.5 Å². The van der Waals surface area contributed by atoms with Crippen molar-refractivity contribution in [1.82, 2.24) is 9.80 Å². The van der Waals surface area contributed by atoms with E-state index in [2.05, 4.69) is 0 Å². The van der Waals surface area contributed by atoms with Crippen LogP contribution in [0.1, 0.15) is 30.9 Å². The number of carbonyl (C=O) groups is 3. The smallest absolute Gasteiger partial charge is 0.308 e. The molecule has 2 aliphatic heterocycles. The van der Waals surface area contributed by atoms with Crippen LogP contribution in [0, 0.1) is 11.8 Å². The highest BCUT2D eigenvalue weighted by molar-refractivity contribution is 6.30. The van der Waals surface area contributed by atoms with Gasteiger partial charge in [-0.2, -0.15) is 0 Å². The van der Waals surface area contributed by atoms with Crippen molar-refractivity contribution in [2.24, 2.45) is 11.8 Å². The Kier molecular flexibility index (Phi) is 4.99. The number of hydrogen-bond donors (Lipinski definition) is 1. The van der Waals surface area contributed by atoms with E-state index >= 15 is 0 Å². The Hall–Kier alpha value is -2.08. The average Bonchev–Trinajstić information content (AvgIpc) is 2.89. The average molecular weight is 365 g/mol. The second kappa shape index (κ2) is 7.04. The first-order chi connectivity index (χ1) is 11.9. The van der Waals surface area contributed by atoms with Crippen LogP contribution in [-0.4, -0.2) is 52.8 Å². The second-order valence-electron chi connectivity index (χ2n) is 6.78. The van der Waals surface area contributed by atoms with Crippen molar-refractivity contribution in [3.8, 4) is 0 Å². The Morgan fingerprint density at radius 2 is 2.08 bits per heavy atom. The minimum atomic E-state index is -0.872. The van der Waals surface area contributed by atoms with Crippen molar-refractivity contribution >= 4 is 29.4 Å². The highest BCUT2D eigenvalue weighted by Gasteiger charge is 2.45. The van der Waals surface area contributed by atoms with Crippen molar-refractivity contribution in [2.75, 3.05) is 20.1 Å². The predicted octanol–water partition coefficient (Wildman–Crippen LogP) is 2.18. The van der Waals surface area contributed by atoms with Crippen molar-refractivity contribution in [3.05, 3.63) is 34.9 Å². The first-order valence-corrected chi connectivity index (χ1v) is 8.79. The molecule has 134 valence electrons. The van der Waals surface area contributed by atoms with Crippen LogP contribution in [0.2, 0.25) is 5.02 Å². The second-order valence-corrected chi connectivity index (χ2v) is 7.21. The summed E-state index contributed by atoms with van der Waals surface area (Å²) >= 11 is 6.07. The third-order valence-corrected chi connectivity index (χ3v) is 5.41. The Morgan fingerprint density at radius 3 is 2.76 bits per heavy atom. The zero-order valence-electron chi connectivity index (χ0n) is 14.0. The molecule has 7 heteroatoms. The highest BCUT2D eigenvalue weighted by Crippen LogP contribution is 2.39. The predicted molar refractivity (Wildman–Crippen MR) is 92.0 cm³/mol. The van der Waals surface area contributed by atoms with E-state index in [1.54, 1.807) is 35.0 Å². The zero-order chi connectivity index (χ0) is 18.1. The maximum absolute atomic E-state index is 13.0. The van der Waals surface area contributed by atoms with Gasteiger partial charge in [0.2, 0.25) is 11.8 Å². The summed E-state index contributed by atoms with van der Waals surface area (Å²) < 4.78 is 0. The van der Waals surface area contributed by atoms with Gasteiger partial charge < -0.3 is 14.9 Å². The Morgan fingerprint density at radius 1 is 1.32 bits per heavy atom. The molecule has 2 aliphatic rings. The largest absolute Gasteiger partial charge is 0.481 e. The van der Waals surface area contributed by atoms with Gasteiger partial charge in [-0.05, 0) is 30.5 Å². The molecule has 1 aromatic rings. The van der Waals surface area contributed by atoms with Crippen LogP contribution in [0.25, 0.3) is 0 Å². The molecule has 0 bridgehead atoms. The number of benzene rings is 1. The Bertz CT molecular complexity index is 708. The van der Waals surface area contributed by atoms with E-state index in [0.29, 0.717) is 24.4 Å². The lowest BCUT2D eigenvalue weighted by atomic mass is 9.90. The first kappa shape index (κ1) is 17.7. The SMILES string of the molecule is CN1C(=O)C[C@H](C(=O)N2CCC[C@H](C(=O)O)C2)[C@@H]1c1cccc(Cl)c1. The van der Waals surface area contributed by atoms with Gasteiger partial charge in [-0.1, -0.05) is 23.7 Å². The number of carboxylic acids is 1. The normalized spacial score (nSPS) is 26.8. The summed E-state index contributed by atoms with van der Waals surface area (Å²) in [6, 6.07) is 6.82. The quantitative estimate of drug-likeness (QED) is 0.891. The number of amides is 2. The summed E-state index contributed by atoms with van der Waals surface area (Å²) in [6.07, 6.45) is 1.39. The number of nitrogens with zero attached hydrogens (tertiary/aromatic N) is 2. The van der Waals surface area contributed by atoms with Crippen molar-refractivity contribution in [2.45, 2.75) is 25.3 Å². The summed E-state index contributed by atoms with van der Waals surface area (Å²) in [5, 5.41) is 9.79. The minimum absolute atomic E-state index is 0.0879. The molecule has 2 saturated heterocycles. The number of hydrogen-bond acceptors (Lipinski definition) is 3. The molecule has 0 spiro atoms. The molecule has 1 aromatic carbocycles. The number of piperidine rings is 1. The summed E-state index contributed by atoms with van der Waals surface area (Å²) in [6.45, 7) is 0.754. The van der Waals surface area contributed by atoms with Crippen LogP contribution in [0.3, 0.4) is 0 Å². The van der Waals surface area contributed by atoms with E-state index in [-0.39, 0.29) is 30.8 Å². The van der Waals surface area contributed by atoms with Gasteiger partial charge in [0.25, 0.3) is 0 Å². The van der Waals surface area contributed by atoms with Gasteiger partial charge in [-0.3, -0.25) is 14.4 Å². The van der Waals surface area contributed by atoms with E-state index in [0.717, 1.165) is 5.56 Å². The van der Waals surface area contributed by atoms with Crippen LogP contribution in [0.15, 0.2) is 24.3 Å². The van der Waals surface area contributed by atoms with Gasteiger partial charge in [0.1, 0.15) is 0 Å². The molecular weight excluding hydrogens is 344 g/mol.